The Labute approximate surface area is 88.3 Å². The number of hydrogen-bond donors (Lipinski definition) is 1. The minimum absolute atomic E-state index is 0.0462. The Kier molecular flexibility index (Phi) is 3.08. The highest BCUT2D eigenvalue weighted by atomic mass is 32.2. The van der Waals surface area contributed by atoms with E-state index in [0.717, 1.165) is 12.4 Å². The molecule has 0 amide bonds. The van der Waals surface area contributed by atoms with Crippen molar-refractivity contribution < 1.29 is 0 Å². The highest BCUT2D eigenvalue weighted by Gasteiger charge is 2.26. The Bertz CT molecular complexity index is 293. The quantitative estimate of drug-likeness (QED) is 0.817. The van der Waals surface area contributed by atoms with Gasteiger partial charge in [0.25, 0.3) is 0 Å². The van der Waals surface area contributed by atoms with Crippen LogP contribution in [0.5, 0.6) is 0 Å². The van der Waals surface area contributed by atoms with Crippen LogP contribution in [-0.2, 0) is 6.54 Å². The van der Waals surface area contributed by atoms with Gasteiger partial charge in [0.15, 0.2) is 0 Å². The average molecular weight is 212 g/mol. The molecular weight excluding hydrogens is 196 g/mol. The molecule has 2 N–H and O–H groups in total. The van der Waals surface area contributed by atoms with Crippen molar-refractivity contribution in [1.29, 1.82) is 0 Å². The third-order valence-corrected chi connectivity index (χ3v) is 4.09. The lowest BCUT2D eigenvalue weighted by Crippen LogP contribution is -2.25. The van der Waals surface area contributed by atoms with E-state index in [0.29, 0.717) is 5.25 Å². The summed E-state index contributed by atoms with van der Waals surface area (Å²) in [6.07, 6.45) is 4.09. The van der Waals surface area contributed by atoms with Crippen molar-refractivity contribution in [2.75, 3.05) is 5.75 Å². The summed E-state index contributed by atoms with van der Waals surface area (Å²) in [6, 6.07) is 0.0462. The van der Waals surface area contributed by atoms with Crippen molar-refractivity contribution in [3.8, 4) is 0 Å². The summed E-state index contributed by atoms with van der Waals surface area (Å²) in [6.45, 7) is 2.91. The Hall–Kier alpha value is -0.550. The van der Waals surface area contributed by atoms with Crippen molar-refractivity contribution in [2.24, 2.45) is 5.73 Å². The minimum Gasteiger partial charge on any atom is -0.320 e. The zero-order valence-electron chi connectivity index (χ0n) is 8.39. The Morgan fingerprint density at radius 2 is 2.64 bits per heavy atom. The molecule has 0 aliphatic carbocycles. The molecule has 78 valence electrons. The maximum atomic E-state index is 6.18. The van der Waals surface area contributed by atoms with E-state index in [2.05, 4.69) is 17.0 Å². The number of rotatable bonds is 3. The summed E-state index contributed by atoms with van der Waals surface area (Å²) in [7, 11) is 0. The van der Waals surface area contributed by atoms with Gasteiger partial charge in [-0.25, -0.2) is 9.67 Å². The first-order valence-corrected chi connectivity index (χ1v) is 6.12. The average Bonchev–Trinajstić information content (AvgIpc) is 2.87. The fraction of sp³-hybridized carbons (Fsp3) is 0.778. The number of hydrogen-bond acceptors (Lipinski definition) is 4. The second-order valence-electron chi connectivity index (χ2n) is 3.51. The molecule has 14 heavy (non-hydrogen) atoms. The summed E-state index contributed by atoms with van der Waals surface area (Å²) in [5.41, 5.74) is 6.18. The highest BCUT2D eigenvalue weighted by molar-refractivity contribution is 8.00. The van der Waals surface area contributed by atoms with Crippen LogP contribution in [0, 0.1) is 0 Å². The second-order valence-corrected chi connectivity index (χ2v) is 4.86. The molecule has 1 aliphatic rings. The lowest BCUT2D eigenvalue weighted by atomic mass is 10.1. The van der Waals surface area contributed by atoms with E-state index in [1.54, 1.807) is 6.33 Å². The SMILES string of the molecule is CCn1ncnc1C(N)C1CCCS1. The summed E-state index contributed by atoms with van der Waals surface area (Å²) < 4.78 is 1.89. The lowest BCUT2D eigenvalue weighted by Gasteiger charge is -2.17. The van der Waals surface area contributed by atoms with E-state index in [1.165, 1.54) is 18.6 Å². The van der Waals surface area contributed by atoms with Gasteiger partial charge in [-0.3, -0.25) is 0 Å². The van der Waals surface area contributed by atoms with Gasteiger partial charge in [-0.2, -0.15) is 16.9 Å². The Balaban J connectivity index is 2.12. The second kappa shape index (κ2) is 4.31. The predicted molar refractivity (Wildman–Crippen MR) is 58.1 cm³/mol. The number of thioether (sulfide) groups is 1. The summed E-state index contributed by atoms with van der Waals surface area (Å²) in [5, 5.41) is 4.68. The molecular formula is C9H16N4S. The van der Waals surface area contributed by atoms with E-state index in [9.17, 15) is 0 Å². The first kappa shape index (κ1) is 9.98. The molecule has 1 aromatic heterocycles. The van der Waals surface area contributed by atoms with Crippen LogP contribution in [0.3, 0.4) is 0 Å². The van der Waals surface area contributed by atoms with Gasteiger partial charge in [0.05, 0.1) is 6.04 Å². The van der Waals surface area contributed by atoms with E-state index in [1.807, 2.05) is 16.4 Å². The van der Waals surface area contributed by atoms with Crippen molar-refractivity contribution in [1.82, 2.24) is 14.8 Å². The Morgan fingerprint density at radius 1 is 1.79 bits per heavy atom. The maximum Gasteiger partial charge on any atom is 0.144 e. The van der Waals surface area contributed by atoms with Gasteiger partial charge in [0, 0.05) is 11.8 Å². The molecule has 0 spiro atoms. The summed E-state index contributed by atoms with van der Waals surface area (Å²) in [5.74, 6) is 2.17. The normalized spacial score (nSPS) is 24.0. The molecule has 2 unspecified atom stereocenters. The standard InChI is InChI=1S/C9H16N4S/c1-2-13-9(11-6-12-13)8(10)7-4-3-5-14-7/h6-8H,2-5,10H2,1H3. The van der Waals surface area contributed by atoms with E-state index in [-0.39, 0.29) is 6.04 Å². The zero-order valence-corrected chi connectivity index (χ0v) is 9.20. The van der Waals surface area contributed by atoms with Crippen LogP contribution < -0.4 is 5.73 Å². The van der Waals surface area contributed by atoms with Gasteiger partial charge < -0.3 is 5.73 Å². The van der Waals surface area contributed by atoms with Gasteiger partial charge in [0.2, 0.25) is 0 Å². The van der Waals surface area contributed by atoms with Gasteiger partial charge in [-0.15, -0.1) is 0 Å². The van der Waals surface area contributed by atoms with E-state index >= 15 is 0 Å². The van der Waals surface area contributed by atoms with Crippen molar-refractivity contribution in [3.05, 3.63) is 12.2 Å². The molecule has 0 radical (unpaired) electrons. The molecule has 4 nitrogen and oxygen atoms in total. The number of aromatic nitrogens is 3. The molecule has 2 atom stereocenters. The van der Waals surface area contributed by atoms with Crippen LogP contribution in [0.4, 0.5) is 0 Å². The van der Waals surface area contributed by atoms with Gasteiger partial charge in [0.1, 0.15) is 12.2 Å². The van der Waals surface area contributed by atoms with Crippen LogP contribution in [-0.4, -0.2) is 25.8 Å². The van der Waals surface area contributed by atoms with Crippen LogP contribution in [0.25, 0.3) is 0 Å². The molecule has 1 aromatic rings. The zero-order chi connectivity index (χ0) is 9.97. The van der Waals surface area contributed by atoms with Gasteiger partial charge >= 0.3 is 0 Å². The number of nitrogens with zero attached hydrogens (tertiary/aromatic N) is 3. The molecule has 2 heterocycles. The Morgan fingerprint density at radius 3 is 3.29 bits per heavy atom. The first-order chi connectivity index (χ1) is 6.83. The fourth-order valence-electron chi connectivity index (χ4n) is 1.83. The molecule has 2 rings (SSSR count). The predicted octanol–water partition coefficient (Wildman–Crippen LogP) is 1.19. The third-order valence-electron chi connectivity index (χ3n) is 2.61. The van der Waals surface area contributed by atoms with Crippen molar-refractivity contribution >= 4 is 11.8 Å². The smallest absolute Gasteiger partial charge is 0.144 e. The number of aryl methyl sites for hydroxylation is 1. The molecule has 0 saturated carbocycles. The van der Waals surface area contributed by atoms with E-state index < -0.39 is 0 Å². The van der Waals surface area contributed by atoms with Crippen LogP contribution in [0.15, 0.2) is 6.33 Å². The first-order valence-electron chi connectivity index (χ1n) is 5.07. The molecule has 0 aromatic carbocycles. The largest absolute Gasteiger partial charge is 0.320 e. The molecule has 1 aliphatic heterocycles. The fourth-order valence-corrected chi connectivity index (χ4v) is 3.13. The van der Waals surface area contributed by atoms with Crippen LogP contribution in [0.1, 0.15) is 31.6 Å². The van der Waals surface area contributed by atoms with Crippen molar-refractivity contribution in [3.63, 3.8) is 0 Å². The van der Waals surface area contributed by atoms with Gasteiger partial charge in [-0.1, -0.05) is 0 Å². The molecule has 1 saturated heterocycles. The van der Waals surface area contributed by atoms with Crippen LogP contribution >= 0.6 is 11.8 Å². The highest BCUT2D eigenvalue weighted by Crippen LogP contribution is 2.33. The topological polar surface area (TPSA) is 56.7 Å². The molecule has 5 heteroatoms. The summed E-state index contributed by atoms with van der Waals surface area (Å²) in [4.78, 5) is 4.25. The minimum atomic E-state index is 0.0462. The number of nitrogens with two attached hydrogens (primary N) is 1. The van der Waals surface area contributed by atoms with Crippen molar-refractivity contribution in [2.45, 2.75) is 37.6 Å². The van der Waals surface area contributed by atoms with E-state index in [4.69, 9.17) is 5.73 Å². The lowest BCUT2D eigenvalue weighted by molar-refractivity contribution is 0.537. The monoisotopic (exact) mass is 212 g/mol. The maximum absolute atomic E-state index is 6.18. The summed E-state index contributed by atoms with van der Waals surface area (Å²) >= 11 is 1.96. The molecule has 0 bridgehead atoms. The molecule has 1 fully saturated rings. The third kappa shape index (κ3) is 1.79. The van der Waals surface area contributed by atoms with Gasteiger partial charge in [-0.05, 0) is 25.5 Å². The van der Waals surface area contributed by atoms with Crippen LogP contribution in [0.2, 0.25) is 0 Å².